The summed E-state index contributed by atoms with van der Waals surface area (Å²) >= 11 is 3.05. The SMILES string of the molecule is C[C@@H](NC(=O)c1cccc(I)c1NS(=O)(=O)c1nccc2sncc12)c1ccc(F)cc1F. The van der Waals surface area contributed by atoms with Crippen molar-refractivity contribution in [3.63, 3.8) is 0 Å². The average Bonchev–Trinajstić information content (AvgIpc) is 3.23. The number of sulfonamides is 1. The molecule has 4 rings (SSSR count). The molecule has 12 heteroatoms. The molecule has 33 heavy (non-hydrogen) atoms. The van der Waals surface area contributed by atoms with Crippen LogP contribution in [-0.2, 0) is 10.0 Å². The van der Waals surface area contributed by atoms with Crippen LogP contribution in [0.2, 0.25) is 0 Å². The summed E-state index contributed by atoms with van der Waals surface area (Å²) in [7, 11) is -4.16. The number of para-hydroxylation sites is 1. The third kappa shape index (κ3) is 4.82. The number of anilines is 1. The smallest absolute Gasteiger partial charge is 0.280 e. The van der Waals surface area contributed by atoms with Gasteiger partial charge < -0.3 is 5.32 Å². The molecule has 170 valence electrons. The zero-order valence-corrected chi connectivity index (χ0v) is 20.6. The van der Waals surface area contributed by atoms with Gasteiger partial charge in [-0.25, -0.2) is 13.8 Å². The lowest BCUT2D eigenvalue weighted by Gasteiger charge is -2.18. The minimum absolute atomic E-state index is 0.0375. The molecule has 0 fully saturated rings. The average molecular weight is 600 g/mol. The molecule has 1 amide bonds. The lowest BCUT2D eigenvalue weighted by atomic mass is 10.1. The fourth-order valence-electron chi connectivity index (χ4n) is 3.19. The normalized spacial score (nSPS) is 12.5. The number of pyridine rings is 1. The first-order valence-corrected chi connectivity index (χ1v) is 12.8. The van der Waals surface area contributed by atoms with E-state index in [0.717, 1.165) is 23.7 Å². The number of amides is 1. The molecule has 0 unspecified atom stereocenters. The Morgan fingerprint density at radius 2 is 1.97 bits per heavy atom. The third-order valence-electron chi connectivity index (χ3n) is 4.77. The van der Waals surface area contributed by atoms with Crippen molar-refractivity contribution in [1.29, 1.82) is 0 Å². The van der Waals surface area contributed by atoms with Crippen molar-refractivity contribution < 1.29 is 22.0 Å². The number of nitrogens with one attached hydrogen (secondary N) is 2. The second-order valence-corrected chi connectivity index (χ2v) is 10.6. The maximum absolute atomic E-state index is 14.1. The Morgan fingerprint density at radius 1 is 1.18 bits per heavy atom. The van der Waals surface area contributed by atoms with Crippen molar-refractivity contribution in [2.24, 2.45) is 0 Å². The summed E-state index contributed by atoms with van der Waals surface area (Å²) in [6.45, 7) is 1.54. The van der Waals surface area contributed by atoms with Crippen LogP contribution in [0, 0.1) is 15.2 Å². The van der Waals surface area contributed by atoms with Gasteiger partial charge in [0.05, 0.1) is 33.6 Å². The van der Waals surface area contributed by atoms with Crippen LogP contribution >= 0.6 is 34.1 Å². The lowest BCUT2D eigenvalue weighted by molar-refractivity contribution is 0.0940. The van der Waals surface area contributed by atoms with Crippen LogP contribution in [0.1, 0.15) is 28.9 Å². The molecule has 0 aliphatic rings. The monoisotopic (exact) mass is 600 g/mol. The molecule has 2 aromatic heterocycles. The van der Waals surface area contributed by atoms with Crippen molar-refractivity contribution in [2.75, 3.05) is 4.72 Å². The van der Waals surface area contributed by atoms with E-state index in [-0.39, 0.29) is 21.8 Å². The van der Waals surface area contributed by atoms with Crippen LogP contribution in [0.4, 0.5) is 14.5 Å². The van der Waals surface area contributed by atoms with Gasteiger partial charge in [0, 0.05) is 21.4 Å². The fraction of sp³-hybridized carbons (Fsp3) is 0.0952. The molecule has 2 N–H and O–H groups in total. The number of carbonyl (C=O) groups is 1. The summed E-state index contributed by atoms with van der Waals surface area (Å²) in [5.74, 6) is -2.16. The Bertz CT molecular complexity index is 1480. The first-order chi connectivity index (χ1) is 15.7. The van der Waals surface area contributed by atoms with Crippen LogP contribution < -0.4 is 10.0 Å². The molecule has 0 aliphatic heterocycles. The molecule has 2 aromatic carbocycles. The van der Waals surface area contributed by atoms with Gasteiger partial charge in [0.15, 0.2) is 5.03 Å². The number of hydrogen-bond acceptors (Lipinski definition) is 6. The fourth-order valence-corrected chi connectivity index (χ4v) is 5.95. The number of nitrogens with zero attached hydrogens (tertiary/aromatic N) is 2. The Balaban J connectivity index is 1.66. The van der Waals surface area contributed by atoms with E-state index in [4.69, 9.17) is 0 Å². The second kappa shape index (κ2) is 9.27. The minimum atomic E-state index is -4.16. The highest BCUT2D eigenvalue weighted by Crippen LogP contribution is 2.29. The maximum Gasteiger partial charge on any atom is 0.280 e. The highest BCUT2D eigenvalue weighted by atomic mass is 127. The Morgan fingerprint density at radius 3 is 2.73 bits per heavy atom. The topological polar surface area (TPSA) is 101 Å². The van der Waals surface area contributed by atoms with Gasteiger partial charge >= 0.3 is 0 Å². The minimum Gasteiger partial charge on any atom is -0.345 e. The van der Waals surface area contributed by atoms with Crippen molar-refractivity contribution in [2.45, 2.75) is 18.0 Å². The van der Waals surface area contributed by atoms with Gasteiger partial charge in [0.1, 0.15) is 11.6 Å². The van der Waals surface area contributed by atoms with Gasteiger partial charge in [-0.2, -0.15) is 12.8 Å². The van der Waals surface area contributed by atoms with Crippen LogP contribution in [0.25, 0.3) is 10.1 Å². The van der Waals surface area contributed by atoms with Crippen LogP contribution in [0.3, 0.4) is 0 Å². The molecule has 4 aromatic rings. The van der Waals surface area contributed by atoms with E-state index in [1.807, 2.05) is 22.6 Å². The summed E-state index contributed by atoms with van der Waals surface area (Å²) in [6, 6.07) is 8.62. The highest BCUT2D eigenvalue weighted by Gasteiger charge is 2.25. The number of carbonyl (C=O) groups excluding carboxylic acids is 1. The van der Waals surface area contributed by atoms with Crippen molar-refractivity contribution >= 4 is 65.8 Å². The summed E-state index contributed by atoms with van der Waals surface area (Å²) < 4.78 is 61.2. The van der Waals surface area contributed by atoms with Gasteiger partial charge in [0.2, 0.25) is 0 Å². The zero-order valence-electron chi connectivity index (χ0n) is 16.8. The van der Waals surface area contributed by atoms with E-state index >= 15 is 0 Å². The van der Waals surface area contributed by atoms with Gasteiger partial charge in [0.25, 0.3) is 15.9 Å². The van der Waals surface area contributed by atoms with E-state index in [2.05, 4.69) is 19.4 Å². The van der Waals surface area contributed by atoms with E-state index in [9.17, 15) is 22.0 Å². The number of aromatic nitrogens is 2. The molecule has 0 saturated carbocycles. The number of hydrogen-bond donors (Lipinski definition) is 2. The molecule has 7 nitrogen and oxygen atoms in total. The highest BCUT2D eigenvalue weighted by molar-refractivity contribution is 14.1. The van der Waals surface area contributed by atoms with Gasteiger partial charge in [-0.15, -0.1) is 0 Å². The molecule has 0 bridgehead atoms. The van der Waals surface area contributed by atoms with Crippen molar-refractivity contribution in [3.8, 4) is 0 Å². The van der Waals surface area contributed by atoms with E-state index in [1.54, 1.807) is 25.1 Å². The van der Waals surface area contributed by atoms with Gasteiger partial charge in [-0.05, 0) is 65.3 Å². The Labute approximate surface area is 205 Å². The molecule has 0 spiro atoms. The molecular formula is C21H15F2IN4O3S2. The molecule has 0 aliphatic carbocycles. The summed E-state index contributed by atoms with van der Waals surface area (Å²) in [4.78, 5) is 17.0. The van der Waals surface area contributed by atoms with E-state index in [0.29, 0.717) is 13.7 Å². The molecule has 0 saturated heterocycles. The zero-order chi connectivity index (χ0) is 23.8. The van der Waals surface area contributed by atoms with Gasteiger partial charge in [-0.1, -0.05) is 12.1 Å². The first-order valence-electron chi connectivity index (χ1n) is 9.44. The molecule has 1 atom stereocenters. The summed E-state index contributed by atoms with van der Waals surface area (Å²) in [5.41, 5.74) is 0.193. The van der Waals surface area contributed by atoms with Crippen LogP contribution in [-0.4, -0.2) is 23.7 Å². The second-order valence-electron chi connectivity index (χ2n) is 6.98. The van der Waals surface area contributed by atoms with E-state index < -0.39 is 33.6 Å². The summed E-state index contributed by atoms with van der Waals surface area (Å²) in [6.07, 6.45) is 2.79. The van der Waals surface area contributed by atoms with Crippen LogP contribution in [0.15, 0.2) is 59.9 Å². The Kier molecular flexibility index (Phi) is 6.59. The Hall–Kier alpha value is -2.71. The van der Waals surface area contributed by atoms with E-state index in [1.165, 1.54) is 24.5 Å². The quantitative estimate of drug-likeness (QED) is 0.308. The third-order valence-corrected chi connectivity index (χ3v) is 7.74. The molecular weight excluding hydrogens is 585 g/mol. The lowest BCUT2D eigenvalue weighted by Crippen LogP contribution is -2.29. The maximum atomic E-state index is 14.1. The molecule has 2 heterocycles. The summed E-state index contributed by atoms with van der Waals surface area (Å²) in [5, 5.41) is 2.79. The van der Waals surface area contributed by atoms with Crippen molar-refractivity contribution in [1.82, 2.24) is 14.7 Å². The number of rotatable bonds is 6. The van der Waals surface area contributed by atoms with Crippen molar-refractivity contribution in [3.05, 3.63) is 81.2 Å². The number of fused-ring (bicyclic) bond motifs is 1. The number of benzene rings is 2. The first kappa shape index (κ1) is 23.4. The molecule has 0 radical (unpaired) electrons. The standard InChI is InChI=1S/C21H15F2IN4O3S2/c1-11(13-6-5-12(22)9-16(13)23)27-20(29)14-3-2-4-17(24)19(14)28-33(30,31)21-15-10-26-32-18(15)7-8-25-21/h2-11,28H,1H3,(H,27,29)/t11-/m1/s1. The largest absolute Gasteiger partial charge is 0.345 e. The van der Waals surface area contributed by atoms with Crippen LogP contribution in [0.5, 0.6) is 0 Å². The van der Waals surface area contributed by atoms with Gasteiger partial charge in [-0.3, -0.25) is 9.52 Å². The predicted octanol–water partition coefficient (Wildman–Crippen LogP) is 4.87. The number of halogens is 3. The predicted molar refractivity (Wildman–Crippen MR) is 130 cm³/mol.